The molecule has 2 aromatic rings. The van der Waals surface area contributed by atoms with Crippen LogP contribution in [0.15, 0.2) is 57.9 Å². The van der Waals surface area contributed by atoms with Crippen LogP contribution in [0.25, 0.3) is 0 Å². The average molecular weight is 407 g/mol. The summed E-state index contributed by atoms with van der Waals surface area (Å²) in [5.41, 5.74) is 2.39. The second kappa shape index (κ2) is 9.25. The van der Waals surface area contributed by atoms with Crippen molar-refractivity contribution in [3.8, 4) is 0 Å². The van der Waals surface area contributed by atoms with E-state index in [9.17, 15) is 4.79 Å². The highest BCUT2D eigenvalue weighted by Gasteiger charge is 2.15. The number of halogens is 1. The van der Waals surface area contributed by atoms with Gasteiger partial charge in [0.1, 0.15) is 0 Å². The summed E-state index contributed by atoms with van der Waals surface area (Å²) in [6, 6.07) is 16.5. The number of hydrogen-bond acceptors (Lipinski definition) is 3. The zero-order valence-electron chi connectivity index (χ0n) is 14.3. The molecule has 0 radical (unpaired) electrons. The fourth-order valence-electron chi connectivity index (χ4n) is 2.45. The Labute approximate surface area is 157 Å². The number of rotatable bonds is 7. The molecule has 2 rings (SSSR count). The predicted octanol–water partition coefficient (Wildman–Crippen LogP) is 4.27. The number of likely N-dealkylation sites (N-methyl/N-ethyl adjacent to an activating group) is 1. The van der Waals surface area contributed by atoms with Gasteiger partial charge in [-0.1, -0.05) is 46.3 Å². The van der Waals surface area contributed by atoms with Gasteiger partial charge in [0, 0.05) is 15.9 Å². The Balaban J connectivity index is 1.87. The molecule has 0 saturated heterocycles. The lowest BCUT2D eigenvalue weighted by Crippen LogP contribution is -2.35. The van der Waals surface area contributed by atoms with Crippen LogP contribution >= 0.6 is 27.7 Å². The minimum atomic E-state index is 0.0603. The topological polar surface area (TPSA) is 32.3 Å². The number of carbonyl (C=O) groups excluding carboxylic acids is 1. The van der Waals surface area contributed by atoms with Crippen LogP contribution in [0.3, 0.4) is 0 Å². The van der Waals surface area contributed by atoms with Gasteiger partial charge in [-0.25, -0.2) is 0 Å². The van der Waals surface area contributed by atoms with Gasteiger partial charge in [0.25, 0.3) is 0 Å². The van der Waals surface area contributed by atoms with Crippen molar-refractivity contribution in [1.29, 1.82) is 0 Å². The monoisotopic (exact) mass is 406 g/mol. The molecule has 0 spiro atoms. The van der Waals surface area contributed by atoms with Crippen molar-refractivity contribution in [2.75, 3.05) is 26.4 Å². The lowest BCUT2D eigenvalue weighted by atomic mass is 10.1. The second-order valence-corrected chi connectivity index (χ2v) is 7.83. The molecule has 1 unspecified atom stereocenters. The van der Waals surface area contributed by atoms with Crippen LogP contribution in [-0.2, 0) is 4.79 Å². The first kappa shape index (κ1) is 19.0. The van der Waals surface area contributed by atoms with Gasteiger partial charge in [0.15, 0.2) is 0 Å². The zero-order chi connectivity index (χ0) is 17.5. The van der Waals surface area contributed by atoms with Crippen molar-refractivity contribution < 1.29 is 4.79 Å². The van der Waals surface area contributed by atoms with E-state index in [4.69, 9.17) is 0 Å². The average Bonchev–Trinajstić information content (AvgIpc) is 2.55. The summed E-state index contributed by atoms with van der Waals surface area (Å²) >= 11 is 5.03. The van der Waals surface area contributed by atoms with E-state index < -0.39 is 0 Å². The molecule has 3 nitrogen and oxygen atoms in total. The fraction of sp³-hybridized carbons (Fsp3) is 0.316. The molecule has 0 saturated carbocycles. The highest BCUT2D eigenvalue weighted by Crippen LogP contribution is 2.25. The molecule has 1 N–H and O–H groups in total. The molecular weight excluding hydrogens is 384 g/mol. The van der Waals surface area contributed by atoms with Gasteiger partial charge in [0.05, 0.1) is 11.8 Å². The molecule has 2 aromatic carbocycles. The molecule has 0 aromatic heterocycles. The van der Waals surface area contributed by atoms with Gasteiger partial charge < -0.3 is 10.2 Å². The predicted molar refractivity (Wildman–Crippen MR) is 105 cm³/mol. The van der Waals surface area contributed by atoms with Crippen molar-refractivity contribution in [1.82, 2.24) is 10.2 Å². The molecule has 24 heavy (non-hydrogen) atoms. The Bertz CT molecular complexity index is 676. The first-order chi connectivity index (χ1) is 11.5. The Morgan fingerprint density at radius 2 is 1.92 bits per heavy atom. The van der Waals surface area contributed by atoms with E-state index in [1.165, 1.54) is 11.1 Å². The van der Waals surface area contributed by atoms with Crippen molar-refractivity contribution in [3.05, 3.63) is 64.1 Å². The number of amides is 1. The number of benzene rings is 2. The van der Waals surface area contributed by atoms with Gasteiger partial charge in [-0.3, -0.25) is 4.79 Å². The van der Waals surface area contributed by atoms with E-state index in [-0.39, 0.29) is 11.9 Å². The molecule has 0 aliphatic rings. The van der Waals surface area contributed by atoms with Crippen LogP contribution in [0.1, 0.15) is 17.2 Å². The normalized spacial score (nSPS) is 12.2. The minimum Gasteiger partial charge on any atom is -0.353 e. The molecule has 5 heteroatoms. The smallest absolute Gasteiger partial charge is 0.230 e. The lowest BCUT2D eigenvalue weighted by Gasteiger charge is -2.25. The summed E-state index contributed by atoms with van der Waals surface area (Å²) in [7, 11) is 4.06. The van der Waals surface area contributed by atoms with Crippen molar-refractivity contribution in [3.63, 3.8) is 0 Å². The number of aryl methyl sites for hydroxylation is 1. The third-order valence-electron chi connectivity index (χ3n) is 3.80. The third-order valence-corrected chi connectivity index (χ3v) is 5.46. The van der Waals surface area contributed by atoms with Crippen LogP contribution in [0, 0.1) is 6.92 Å². The maximum Gasteiger partial charge on any atom is 0.230 e. The second-order valence-electron chi connectivity index (χ2n) is 5.89. The van der Waals surface area contributed by atoms with E-state index in [1.807, 2.05) is 44.4 Å². The summed E-state index contributed by atoms with van der Waals surface area (Å²) in [6.07, 6.45) is 0. The molecule has 0 fully saturated rings. The highest BCUT2D eigenvalue weighted by molar-refractivity contribution is 9.10. The highest BCUT2D eigenvalue weighted by atomic mass is 79.9. The third kappa shape index (κ3) is 5.65. The molecule has 0 aliphatic heterocycles. The van der Waals surface area contributed by atoms with Gasteiger partial charge >= 0.3 is 0 Å². The summed E-state index contributed by atoms with van der Waals surface area (Å²) in [6.45, 7) is 2.66. The number of carbonyl (C=O) groups is 1. The van der Waals surface area contributed by atoms with Crippen LogP contribution in [0.2, 0.25) is 0 Å². The van der Waals surface area contributed by atoms with E-state index in [1.54, 1.807) is 11.8 Å². The summed E-state index contributed by atoms with van der Waals surface area (Å²) < 4.78 is 1.06. The minimum absolute atomic E-state index is 0.0603. The first-order valence-corrected chi connectivity index (χ1v) is 9.62. The molecular formula is C19H23BrN2OS. The summed E-state index contributed by atoms with van der Waals surface area (Å²) in [5, 5.41) is 3.05. The molecule has 0 bridgehead atoms. The molecule has 1 atom stereocenters. The zero-order valence-corrected chi connectivity index (χ0v) is 16.7. The van der Waals surface area contributed by atoms with Gasteiger partial charge in [0.2, 0.25) is 5.91 Å². The molecule has 128 valence electrons. The quantitative estimate of drug-likeness (QED) is 0.696. The Morgan fingerprint density at radius 3 is 2.54 bits per heavy atom. The van der Waals surface area contributed by atoms with Gasteiger partial charge in [-0.2, -0.15) is 0 Å². The van der Waals surface area contributed by atoms with Crippen LogP contribution < -0.4 is 5.32 Å². The summed E-state index contributed by atoms with van der Waals surface area (Å²) in [5.74, 6) is 0.488. The SMILES string of the molecule is Cc1cc(Br)ccc1SCC(=O)NCC(c1ccccc1)N(C)C. The fourth-order valence-corrected chi connectivity index (χ4v) is 3.77. The first-order valence-electron chi connectivity index (χ1n) is 7.84. The van der Waals surface area contributed by atoms with Crippen molar-refractivity contribution in [2.24, 2.45) is 0 Å². The number of thioether (sulfide) groups is 1. The van der Waals surface area contributed by atoms with E-state index >= 15 is 0 Å². The number of nitrogens with one attached hydrogen (secondary N) is 1. The van der Waals surface area contributed by atoms with E-state index in [0.717, 1.165) is 9.37 Å². The number of hydrogen-bond donors (Lipinski definition) is 1. The Hall–Kier alpha value is -1.30. The van der Waals surface area contributed by atoms with E-state index in [0.29, 0.717) is 12.3 Å². The van der Waals surface area contributed by atoms with Gasteiger partial charge in [-0.05, 0) is 50.3 Å². The Morgan fingerprint density at radius 1 is 1.21 bits per heavy atom. The van der Waals surface area contributed by atoms with Gasteiger partial charge in [-0.15, -0.1) is 11.8 Å². The van der Waals surface area contributed by atoms with E-state index in [2.05, 4.69) is 51.3 Å². The van der Waals surface area contributed by atoms with Crippen LogP contribution in [0.5, 0.6) is 0 Å². The van der Waals surface area contributed by atoms with Crippen LogP contribution in [-0.4, -0.2) is 37.2 Å². The number of nitrogens with zero attached hydrogens (tertiary/aromatic N) is 1. The molecule has 0 heterocycles. The standard InChI is InChI=1S/C19H23BrN2OS/c1-14-11-16(20)9-10-18(14)24-13-19(23)21-12-17(22(2)3)15-7-5-4-6-8-15/h4-11,17H,12-13H2,1-3H3,(H,21,23). The molecule has 0 aliphatic carbocycles. The van der Waals surface area contributed by atoms with Crippen molar-refractivity contribution in [2.45, 2.75) is 17.9 Å². The largest absolute Gasteiger partial charge is 0.353 e. The summed E-state index contributed by atoms with van der Waals surface area (Å²) in [4.78, 5) is 15.5. The lowest BCUT2D eigenvalue weighted by molar-refractivity contribution is -0.118. The maximum absolute atomic E-state index is 12.2. The molecule has 1 amide bonds. The maximum atomic E-state index is 12.2. The van der Waals surface area contributed by atoms with Crippen LogP contribution in [0.4, 0.5) is 0 Å². The Kier molecular flexibility index (Phi) is 7.34. The van der Waals surface area contributed by atoms with Crippen molar-refractivity contribution >= 4 is 33.6 Å².